The smallest absolute Gasteiger partial charge is 0.339 e. The van der Waals surface area contributed by atoms with E-state index in [1.165, 1.54) is 0 Å². The summed E-state index contributed by atoms with van der Waals surface area (Å²) in [5.74, 6) is 0.544. The van der Waals surface area contributed by atoms with Gasteiger partial charge in [-0.05, 0) is 45.6 Å². The molecule has 0 aromatic carbocycles. The standard InChI is InChI=1S/C27H32O7/c1-14-10-19-26(13-31-14)16-6-8-24(4)20(15-7-9-30-12-15)32-22(29)21-27(24,34-21)25(16,5)18(28)11-17(26)23(2,3)33-19/h7,9,12,16-17,19-21H,1,6,8,10-11,13H2,2-5H3. The highest BCUT2D eigenvalue weighted by molar-refractivity contribution is 5.93. The van der Waals surface area contributed by atoms with Crippen LogP contribution in [0.5, 0.6) is 0 Å². The summed E-state index contributed by atoms with van der Waals surface area (Å²) in [4.78, 5) is 27.4. The normalized spacial score (nSPS) is 52.4. The zero-order chi connectivity index (χ0) is 23.9. The van der Waals surface area contributed by atoms with Crippen molar-refractivity contribution in [1.29, 1.82) is 0 Å². The van der Waals surface area contributed by atoms with Crippen molar-refractivity contribution < 1.29 is 33.0 Å². The molecule has 7 heteroatoms. The summed E-state index contributed by atoms with van der Waals surface area (Å²) >= 11 is 0. The lowest BCUT2D eigenvalue weighted by Gasteiger charge is -2.65. The van der Waals surface area contributed by atoms with Gasteiger partial charge in [0.15, 0.2) is 6.10 Å². The van der Waals surface area contributed by atoms with Crippen LogP contribution in [0.25, 0.3) is 0 Å². The Morgan fingerprint density at radius 1 is 1.03 bits per heavy atom. The van der Waals surface area contributed by atoms with Gasteiger partial charge in [0.25, 0.3) is 0 Å². The molecule has 2 saturated carbocycles. The molecular weight excluding hydrogens is 436 g/mol. The first-order valence-electron chi connectivity index (χ1n) is 12.4. The van der Waals surface area contributed by atoms with E-state index in [4.69, 9.17) is 23.4 Å². The summed E-state index contributed by atoms with van der Waals surface area (Å²) in [7, 11) is 0. The largest absolute Gasteiger partial charge is 0.498 e. The fourth-order valence-corrected chi connectivity index (χ4v) is 9.42. The summed E-state index contributed by atoms with van der Waals surface area (Å²) in [6, 6.07) is 1.84. The van der Waals surface area contributed by atoms with Crippen LogP contribution in [0.15, 0.2) is 35.3 Å². The van der Waals surface area contributed by atoms with E-state index >= 15 is 0 Å². The lowest BCUT2D eigenvalue weighted by molar-refractivity contribution is -0.222. The first-order valence-corrected chi connectivity index (χ1v) is 12.4. The Kier molecular flexibility index (Phi) is 3.73. The highest BCUT2D eigenvalue weighted by atomic mass is 16.7. The minimum absolute atomic E-state index is 0.0277. The van der Waals surface area contributed by atoms with Gasteiger partial charge in [-0.2, -0.15) is 0 Å². The number of ketones is 1. The maximum Gasteiger partial charge on any atom is 0.339 e. The Morgan fingerprint density at radius 2 is 1.82 bits per heavy atom. The topological polar surface area (TPSA) is 87.5 Å². The van der Waals surface area contributed by atoms with Crippen molar-refractivity contribution in [2.75, 3.05) is 6.61 Å². The number of carbonyl (C=O) groups is 2. The van der Waals surface area contributed by atoms with Gasteiger partial charge in [-0.3, -0.25) is 4.79 Å². The van der Waals surface area contributed by atoms with Gasteiger partial charge in [-0.15, -0.1) is 0 Å². The van der Waals surface area contributed by atoms with Gasteiger partial charge in [0.05, 0.1) is 42.0 Å². The molecule has 2 aliphatic carbocycles. The molecule has 1 aromatic rings. The summed E-state index contributed by atoms with van der Waals surface area (Å²) < 4.78 is 30.6. The second-order valence-electron chi connectivity index (χ2n) is 12.4. The number of epoxide rings is 1. The Balaban J connectivity index is 1.41. The molecule has 34 heavy (non-hydrogen) atoms. The van der Waals surface area contributed by atoms with Crippen LogP contribution in [-0.4, -0.2) is 41.8 Å². The lowest BCUT2D eigenvalue weighted by Crippen LogP contribution is -2.72. The van der Waals surface area contributed by atoms with Crippen molar-refractivity contribution >= 4 is 11.8 Å². The van der Waals surface area contributed by atoms with E-state index < -0.39 is 34.2 Å². The molecule has 9 unspecified atom stereocenters. The zero-order valence-corrected chi connectivity index (χ0v) is 20.2. The minimum atomic E-state index is -0.914. The van der Waals surface area contributed by atoms with Crippen molar-refractivity contribution in [2.45, 2.75) is 82.9 Å². The Morgan fingerprint density at radius 3 is 2.56 bits per heavy atom. The maximum absolute atomic E-state index is 14.3. The van der Waals surface area contributed by atoms with Crippen LogP contribution in [0.1, 0.15) is 65.0 Å². The van der Waals surface area contributed by atoms with Crippen LogP contribution in [0, 0.1) is 28.1 Å². The molecule has 4 aliphatic heterocycles. The number of ether oxygens (including phenoxy) is 4. The number of cyclic esters (lactones) is 1. The molecule has 182 valence electrons. The van der Waals surface area contributed by atoms with E-state index in [0.717, 1.165) is 24.2 Å². The predicted molar refractivity (Wildman–Crippen MR) is 118 cm³/mol. The van der Waals surface area contributed by atoms with Gasteiger partial charge in [0.2, 0.25) is 0 Å². The second-order valence-corrected chi connectivity index (χ2v) is 12.4. The van der Waals surface area contributed by atoms with Crippen molar-refractivity contribution in [3.8, 4) is 0 Å². The summed E-state index contributed by atoms with van der Waals surface area (Å²) in [6.07, 6.45) is 4.52. The third kappa shape index (κ3) is 2.03. The number of fused-ring (bicyclic) bond motifs is 1. The number of Topliss-reactive ketones (excluding diaryl/α,β-unsaturated/α-hetero) is 1. The van der Waals surface area contributed by atoms with Crippen LogP contribution in [0.2, 0.25) is 0 Å². The number of esters is 1. The first-order chi connectivity index (χ1) is 16.0. The van der Waals surface area contributed by atoms with Gasteiger partial charge >= 0.3 is 5.97 Å². The molecule has 0 N–H and O–H groups in total. The Hall–Kier alpha value is -2.12. The number of rotatable bonds is 1. The fraction of sp³-hybridized carbons (Fsp3) is 0.704. The third-order valence-corrected chi connectivity index (χ3v) is 10.8. The van der Waals surface area contributed by atoms with Gasteiger partial charge < -0.3 is 23.4 Å². The van der Waals surface area contributed by atoms with Crippen LogP contribution in [0.4, 0.5) is 0 Å². The molecule has 6 fully saturated rings. The van der Waals surface area contributed by atoms with Crippen LogP contribution >= 0.6 is 0 Å². The van der Waals surface area contributed by atoms with E-state index in [2.05, 4.69) is 34.3 Å². The third-order valence-electron chi connectivity index (χ3n) is 10.8. The summed E-state index contributed by atoms with van der Waals surface area (Å²) in [5.41, 5.74) is -2.28. The van der Waals surface area contributed by atoms with E-state index in [1.54, 1.807) is 12.5 Å². The van der Waals surface area contributed by atoms with E-state index in [9.17, 15) is 9.59 Å². The molecule has 5 heterocycles. The quantitative estimate of drug-likeness (QED) is 0.452. The molecule has 7 nitrogen and oxygen atoms in total. The van der Waals surface area contributed by atoms with Crippen molar-refractivity contribution in [3.05, 3.63) is 36.5 Å². The van der Waals surface area contributed by atoms with Gasteiger partial charge in [0.1, 0.15) is 17.5 Å². The van der Waals surface area contributed by atoms with E-state index in [1.807, 2.05) is 6.07 Å². The molecule has 1 aromatic heterocycles. The number of hydrogen-bond acceptors (Lipinski definition) is 7. The van der Waals surface area contributed by atoms with Crippen LogP contribution in [0.3, 0.4) is 0 Å². The number of hydrogen-bond donors (Lipinski definition) is 0. The van der Waals surface area contributed by atoms with Crippen LogP contribution < -0.4 is 0 Å². The van der Waals surface area contributed by atoms with Gasteiger partial charge in [-0.1, -0.05) is 13.5 Å². The molecule has 7 rings (SSSR count). The van der Waals surface area contributed by atoms with E-state index in [-0.39, 0.29) is 35.1 Å². The monoisotopic (exact) mass is 468 g/mol. The zero-order valence-electron chi connectivity index (χ0n) is 20.2. The molecule has 0 amide bonds. The first kappa shape index (κ1) is 21.2. The molecule has 0 radical (unpaired) electrons. The highest BCUT2D eigenvalue weighted by Gasteiger charge is 2.89. The van der Waals surface area contributed by atoms with Crippen molar-refractivity contribution in [3.63, 3.8) is 0 Å². The maximum atomic E-state index is 14.3. The average molecular weight is 469 g/mol. The second kappa shape index (κ2) is 5.98. The number of furan rings is 1. The molecule has 6 aliphatic rings. The molecular formula is C27H32O7. The van der Waals surface area contributed by atoms with Gasteiger partial charge in [0, 0.05) is 35.2 Å². The summed E-state index contributed by atoms with van der Waals surface area (Å²) in [5, 5.41) is 0. The predicted octanol–water partition coefficient (Wildman–Crippen LogP) is 4.12. The molecule has 9 atom stereocenters. The van der Waals surface area contributed by atoms with E-state index in [0.29, 0.717) is 19.4 Å². The number of carbonyl (C=O) groups excluding carboxylic acids is 2. The van der Waals surface area contributed by atoms with Crippen molar-refractivity contribution in [2.24, 2.45) is 28.1 Å². The molecule has 4 saturated heterocycles. The molecule has 2 spiro atoms. The minimum Gasteiger partial charge on any atom is -0.498 e. The Labute approximate surface area is 199 Å². The van der Waals surface area contributed by atoms with Gasteiger partial charge in [-0.25, -0.2) is 4.79 Å². The molecule has 0 bridgehead atoms. The van der Waals surface area contributed by atoms with Crippen LogP contribution in [-0.2, 0) is 28.5 Å². The average Bonchev–Trinajstić information content (AvgIpc) is 3.26. The Bertz CT molecular complexity index is 1120. The highest BCUT2D eigenvalue weighted by Crippen LogP contribution is 2.79. The lowest BCUT2D eigenvalue weighted by atomic mass is 9.37. The summed E-state index contributed by atoms with van der Waals surface area (Å²) in [6.45, 7) is 13.0. The fourth-order valence-electron chi connectivity index (χ4n) is 9.42. The SMILES string of the molecule is C=C1CC2OC(C)(C)C3CC(=O)C4(C)C(CCC5(C)C(c6ccoc6)OC(=O)C6OC654)C23CO1. The van der Waals surface area contributed by atoms with Crippen molar-refractivity contribution in [1.82, 2.24) is 0 Å².